The van der Waals surface area contributed by atoms with Gasteiger partial charge in [-0.05, 0) is 25.0 Å². The van der Waals surface area contributed by atoms with Crippen molar-refractivity contribution < 1.29 is 9.90 Å². The molecule has 3 N–H and O–H groups in total. The van der Waals surface area contributed by atoms with Gasteiger partial charge in [-0.25, -0.2) is 0 Å². The molecule has 98 valence electrons. The van der Waals surface area contributed by atoms with E-state index < -0.39 is 0 Å². The predicted octanol–water partition coefficient (Wildman–Crippen LogP) is 2.07. The minimum atomic E-state index is -0.0369. The molecule has 1 fully saturated rings. The first-order valence-electron chi connectivity index (χ1n) is 5.73. The lowest BCUT2D eigenvalue weighted by molar-refractivity contribution is -0.120. The predicted molar refractivity (Wildman–Crippen MR) is 71.0 cm³/mol. The van der Waals surface area contributed by atoms with Gasteiger partial charge in [0.05, 0.1) is 11.6 Å². The van der Waals surface area contributed by atoms with Crippen LogP contribution in [0.3, 0.4) is 0 Å². The number of halogens is 2. The summed E-state index contributed by atoms with van der Waals surface area (Å²) < 4.78 is 0. The Bertz CT molecular complexity index is 462. The fourth-order valence-corrected chi connectivity index (χ4v) is 2.11. The van der Waals surface area contributed by atoms with Crippen LogP contribution in [0.5, 0.6) is 5.75 Å². The summed E-state index contributed by atoms with van der Waals surface area (Å²) >= 11 is 11.6. The lowest BCUT2D eigenvalue weighted by atomic mass is 10.2. The number of aromatic hydroxyl groups is 1. The molecule has 0 aromatic heterocycles. The molecule has 1 saturated carbocycles. The van der Waals surface area contributed by atoms with Gasteiger partial charge in [0.1, 0.15) is 5.75 Å². The molecule has 1 aromatic rings. The number of phenols is 1. The van der Waals surface area contributed by atoms with Crippen molar-refractivity contribution in [1.29, 1.82) is 0 Å². The van der Waals surface area contributed by atoms with Crippen LogP contribution in [0.15, 0.2) is 12.1 Å². The average Bonchev–Trinajstić information content (AvgIpc) is 3.08. The van der Waals surface area contributed by atoms with E-state index >= 15 is 0 Å². The van der Waals surface area contributed by atoms with Crippen molar-refractivity contribution in [2.75, 3.05) is 6.54 Å². The van der Waals surface area contributed by atoms with Crippen LogP contribution in [-0.2, 0) is 11.3 Å². The van der Waals surface area contributed by atoms with E-state index in [1.54, 1.807) is 6.07 Å². The Balaban J connectivity index is 1.83. The molecule has 0 atom stereocenters. The minimum absolute atomic E-state index is 0.00355. The SMILES string of the molecule is O=C(CNCc1cc(Cl)cc(Cl)c1O)NC1CC1. The van der Waals surface area contributed by atoms with E-state index in [1.165, 1.54) is 6.07 Å². The Labute approximate surface area is 115 Å². The summed E-state index contributed by atoms with van der Waals surface area (Å²) in [5, 5.41) is 16.2. The summed E-state index contributed by atoms with van der Waals surface area (Å²) in [4.78, 5) is 11.4. The highest BCUT2D eigenvalue weighted by atomic mass is 35.5. The maximum absolute atomic E-state index is 11.4. The van der Waals surface area contributed by atoms with Crippen molar-refractivity contribution in [2.45, 2.75) is 25.4 Å². The molecular weight excluding hydrogens is 275 g/mol. The number of carbonyl (C=O) groups is 1. The van der Waals surface area contributed by atoms with Gasteiger partial charge >= 0.3 is 0 Å². The highest BCUT2D eigenvalue weighted by Crippen LogP contribution is 2.30. The zero-order valence-corrected chi connectivity index (χ0v) is 11.2. The summed E-state index contributed by atoms with van der Waals surface area (Å²) in [6, 6.07) is 3.45. The Morgan fingerprint density at radius 2 is 2.11 bits per heavy atom. The van der Waals surface area contributed by atoms with E-state index in [1.807, 2.05) is 0 Å². The number of rotatable bonds is 5. The van der Waals surface area contributed by atoms with Crippen molar-refractivity contribution in [1.82, 2.24) is 10.6 Å². The number of phenolic OH excluding ortho intramolecular Hbond substituents is 1. The maximum Gasteiger partial charge on any atom is 0.234 e. The van der Waals surface area contributed by atoms with Crippen LogP contribution in [0, 0.1) is 0 Å². The number of benzene rings is 1. The first-order chi connectivity index (χ1) is 8.56. The van der Waals surface area contributed by atoms with Crippen molar-refractivity contribution in [3.63, 3.8) is 0 Å². The molecule has 0 saturated heterocycles. The molecule has 6 heteroatoms. The Morgan fingerprint density at radius 1 is 1.39 bits per heavy atom. The van der Waals surface area contributed by atoms with E-state index in [9.17, 15) is 9.90 Å². The van der Waals surface area contributed by atoms with Gasteiger partial charge in [0, 0.05) is 23.2 Å². The average molecular weight is 289 g/mol. The second-order valence-electron chi connectivity index (χ2n) is 4.34. The normalized spacial score (nSPS) is 14.6. The number of amides is 1. The standard InChI is InChI=1S/C12H14Cl2N2O2/c13-8-3-7(12(18)10(14)4-8)5-15-6-11(17)16-9-1-2-9/h3-4,9,15,18H,1-2,5-6H2,(H,16,17). The monoisotopic (exact) mass is 288 g/mol. The third-order valence-electron chi connectivity index (χ3n) is 2.65. The van der Waals surface area contributed by atoms with Crippen molar-refractivity contribution in [3.05, 3.63) is 27.7 Å². The van der Waals surface area contributed by atoms with Crippen molar-refractivity contribution in [3.8, 4) is 5.75 Å². The second kappa shape index (κ2) is 5.78. The Kier molecular flexibility index (Phi) is 4.32. The Hall–Kier alpha value is -0.970. The molecule has 2 rings (SSSR count). The summed E-state index contributed by atoms with van der Waals surface area (Å²) in [6.45, 7) is 0.546. The van der Waals surface area contributed by atoms with Crippen LogP contribution in [-0.4, -0.2) is 23.6 Å². The molecule has 0 aliphatic heterocycles. The molecule has 0 unspecified atom stereocenters. The summed E-state index contributed by atoms with van der Waals surface area (Å²) in [5.74, 6) is -0.0405. The highest BCUT2D eigenvalue weighted by molar-refractivity contribution is 6.35. The third-order valence-corrected chi connectivity index (χ3v) is 3.16. The van der Waals surface area contributed by atoms with E-state index in [-0.39, 0.29) is 23.2 Å². The van der Waals surface area contributed by atoms with Gasteiger partial charge in [0.15, 0.2) is 0 Å². The number of carbonyl (C=O) groups excluding carboxylic acids is 1. The Morgan fingerprint density at radius 3 is 2.78 bits per heavy atom. The van der Waals surface area contributed by atoms with Crippen LogP contribution in [0.4, 0.5) is 0 Å². The molecule has 1 aromatic carbocycles. The molecule has 0 radical (unpaired) electrons. The maximum atomic E-state index is 11.4. The third kappa shape index (κ3) is 3.77. The zero-order valence-electron chi connectivity index (χ0n) is 9.67. The lowest BCUT2D eigenvalue weighted by Gasteiger charge is -2.09. The fourth-order valence-electron chi connectivity index (χ4n) is 1.57. The lowest BCUT2D eigenvalue weighted by Crippen LogP contribution is -2.34. The van der Waals surface area contributed by atoms with Gasteiger partial charge in [0.2, 0.25) is 5.91 Å². The van der Waals surface area contributed by atoms with Gasteiger partial charge in [-0.1, -0.05) is 23.2 Å². The van der Waals surface area contributed by atoms with Gasteiger partial charge in [-0.3, -0.25) is 4.79 Å². The number of hydrogen-bond donors (Lipinski definition) is 3. The molecule has 1 aliphatic rings. The van der Waals surface area contributed by atoms with E-state index in [4.69, 9.17) is 23.2 Å². The molecular formula is C12H14Cl2N2O2. The minimum Gasteiger partial charge on any atom is -0.506 e. The van der Waals surface area contributed by atoms with Crippen LogP contribution >= 0.6 is 23.2 Å². The van der Waals surface area contributed by atoms with Crippen molar-refractivity contribution in [2.24, 2.45) is 0 Å². The summed E-state index contributed by atoms with van der Waals surface area (Å²) in [6.07, 6.45) is 2.13. The molecule has 4 nitrogen and oxygen atoms in total. The summed E-state index contributed by atoms with van der Waals surface area (Å²) in [7, 11) is 0. The molecule has 0 bridgehead atoms. The van der Waals surface area contributed by atoms with Gasteiger partial charge < -0.3 is 15.7 Å². The topological polar surface area (TPSA) is 61.4 Å². The molecule has 0 spiro atoms. The summed E-state index contributed by atoms with van der Waals surface area (Å²) in [5.41, 5.74) is 0.576. The van der Waals surface area contributed by atoms with E-state index in [2.05, 4.69) is 10.6 Å². The van der Waals surface area contributed by atoms with E-state index in [0.717, 1.165) is 12.8 Å². The van der Waals surface area contributed by atoms with Crippen LogP contribution < -0.4 is 10.6 Å². The quantitative estimate of drug-likeness (QED) is 0.777. The highest BCUT2D eigenvalue weighted by Gasteiger charge is 2.22. The van der Waals surface area contributed by atoms with Gasteiger partial charge in [-0.2, -0.15) is 0 Å². The smallest absolute Gasteiger partial charge is 0.234 e. The molecule has 18 heavy (non-hydrogen) atoms. The van der Waals surface area contributed by atoms with Crippen LogP contribution in [0.1, 0.15) is 18.4 Å². The van der Waals surface area contributed by atoms with Crippen LogP contribution in [0.25, 0.3) is 0 Å². The zero-order chi connectivity index (χ0) is 13.1. The number of hydrogen-bond acceptors (Lipinski definition) is 3. The van der Waals surface area contributed by atoms with Gasteiger partial charge in [0.25, 0.3) is 0 Å². The molecule has 1 amide bonds. The first-order valence-corrected chi connectivity index (χ1v) is 6.49. The fraction of sp³-hybridized carbons (Fsp3) is 0.417. The van der Waals surface area contributed by atoms with Crippen LogP contribution in [0.2, 0.25) is 10.0 Å². The first kappa shape index (κ1) is 13.5. The molecule has 1 aliphatic carbocycles. The van der Waals surface area contributed by atoms with Crippen molar-refractivity contribution >= 4 is 29.1 Å². The van der Waals surface area contributed by atoms with Gasteiger partial charge in [-0.15, -0.1) is 0 Å². The largest absolute Gasteiger partial charge is 0.506 e. The molecule has 0 heterocycles. The van der Waals surface area contributed by atoms with E-state index in [0.29, 0.717) is 23.2 Å². The second-order valence-corrected chi connectivity index (χ2v) is 5.18. The number of nitrogens with one attached hydrogen (secondary N) is 2.